The summed E-state index contributed by atoms with van der Waals surface area (Å²) < 4.78 is 6.91. The lowest BCUT2D eigenvalue weighted by Crippen LogP contribution is -1.92. The summed E-state index contributed by atoms with van der Waals surface area (Å²) in [6, 6.07) is 2.93. The van der Waals surface area contributed by atoms with E-state index in [0.717, 1.165) is 16.7 Å². The Kier molecular flexibility index (Phi) is 1.69. The molecule has 0 aromatic carbocycles. The second-order valence-electron chi connectivity index (χ2n) is 2.84. The van der Waals surface area contributed by atoms with Crippen molar-refractivity contribution in [3.8, 4) is 5.75 Å². The highest BCUT2D eigenvalue weighted by Gasteiger charge is 2.10. The van der Waals surface area contributed by atoms with Gasteiger partial charge in [-0.25, -0.2) is 4.98 Å². The van der Waals surface area contributed by atoms with Crippen molar-refractivity contribution in [1.82, 2.24) is 14.8 Å². The number of pyridine rings is 1. The molecule has 0 aliphatic carbocycles. The van der Waals surface area contributed by atoms with Crippen LogP contribution in [-0.2, 0) is 7.05 Å². The van der Waals surface area contributed by atoms with Crippen molar-refractivity contribution >= 4 is 11.0 Å². The van der Waals surface area contributed by atoms with Crippen LogP contribution >= 0.6 is 0 Å². The number of methoxy groups -OCH3 is 1. The van der Waals surface area contributed by atoms with Crippen LogP contribution in [0.4, 0.5) is 0 Å². The van der Waals surface area contributed by atoms with Gasteiger partial charge in [0.15, 0.2) is 5.65 Å². The van der Waals surface area contributed by atoms with Crippen molar-refractivity contribution in [2.75, 3.05) is 7.11 Å². The van der Waals surface area contributed by atoms with Crippen LogP contribution in [0.3, 0.4) is 0 Å². The zero-order valence-electron chi connectivity index (χ0n) is 7.83. The molecule has 0 unspecified atom stereocenters. The van der Waals surface area contributed by atoms with E-state index in [1.54, 1.807) is 18.0 Å². The molecule has 0 amide bonds. The number of hydrogen-bond acceptors (Lipinski definition) is 3. The maximum Gasteiger partial charge on any atom is 0.161 e. The summed E-state index contributed by atoms with van der Waals surface area (Å²) in [5.74, 6) is 0.704. The lowest BCUT2D eigenvalue weighted by molar-refractivity contribution is 0.418. The molecule has 0 saturated heterocycles. The Morgan fingerprint density at radius 3 is 3.00 bits per heavy atom. The highest BCUT2D eigenvalue weighted by atomic mass is 16.5. The fraction of sp³-hybridized carbons (Fsp3) is 0.333. The molecular formula is C9H10N3O. The maximum atomic E-state index is 5.17. The number of hydrogen-bond donors (Lipinski definition) is 0. The zero-order valence-corrected chi connectivity index (χ0v) is 7.83. The van der Waals surface area contributed by atoms with Gasteiger partial charge in [-0.05, 0) is 6.92 Å². The quantitative estimate of drug-likeness (QED) is 0.652. The van der Waals surface area contributed by atoms with E-state index in [0.29, 0.717) is 5.75 Å². The van der Waals surface area contributed by atoms with E-state index in [-0.39, 0.29) is 0 Å². The second-order valence-corrected chi connectivity index (χ2v) is 2.84. The standard InChI is InChI=1S/C9H10N3O/c1-6-8-7(13-3)4-5-10-9(8)12(2)11-6/h5H,1-3H3. The van der Waals surface area contributed by atoms with Crippen LogP contribution in [0.25, 0.3) is 11.0 Å². The smallest absolute Gasteiger partial charge is 0.161 e. The molecule has 1 radical (unpaired) electrons. The van der Waals surface area contributed by atoms with E-state index in [9.17, 15) is 0 Å². The summed E-state index contributed by atoms with van der Waals surface area (Å²) >= 11 is 0. The number of fused-ring (bicyclic) bond motifs is 1. The molecule has 4 nitrogen and oxygen atoms in total. The monoisotopic (exact) mass is 176 g/mol. The van der Waals surface area contributed by atoms with Crippen LogP contribution < -0.4 is 4.74 Å². The predicted octanol–water partition coefficient (Wildman–Crippen LogP) is 1.09. The fourth-order valence-electron chi connectivity index (χ4n) is 1.45. The largest absolute Gasteiger partial charge is 0.495 e. The summed E-state index contributed by atoms with van der Waals surface area (Å²) in [5, 5.41) is 5.19. The molecule has 0 atom stereocenters. The molecule has 0 aliphatic rings. The van der Waals surface area contributed by atoms with Gasteiger partial charge < -0.3 is 4.74 Å². The van der Waals surface area contributed by atoms with E-state index in [1.165, 1.54) is 0 Å². The van der Waals surface area contributed by atoms with Gasteiger partial charge in [-0.3, -0.25) is 4.68 Å². The predicted molar refractivity (Wildman–Crippen MR) is 48.6 cm³/mol. The van der Waals surface area contributed by atoms with Gasteiger partial charge in [0.2, 0.25) is 0 Å². The molecule has 2 heterocycles. The molecule has 13 heavy (non-hydrogen) atoms. The number of rotatable bonds is 1. The molecule has 0 N–H and O–H groups in total. The highest BCUT2D eigenvalue weighted by Crippen LogP contribution is 2.25. The van der Waals surface area contributed by atoms with Crippen molar-refractivity contribution in [3.05, 3.63) is 18.0 Å². The number of ether oxygens (including phenoxy) is 1. The number of nitrogens with zero attached hydrogens (tertiary/aromatic N) is 3. The molecule has 0 spiro atoms. The molecular weight excluding hydrogens is 166 g/mol. The topological polar surface area (TPSA) is 39.9 Å². The first kappa shape index (κ1) is 8.04. The summed E-state index contributed by atoms with van der Waals surface area (Å²) in [4.78, 5) is 4.18. The molecule has 0 saturated carbocycles. The van der Waals surface area contributed by atoms with Gasteiger partial charge in [0.1, 0.15) is 5.75 Å². The van der Waals surface area contributed by atoms with Crippen molar-refractivity contribution < 1.29 is 4.74 Å². The zero-order chi connectivity index (χ0) is 9.42. The van der Waals surface area contributed by atoms with Crippen molar-refractivity contribution in [2.45, 2.75) is 6.92 Å². The van der Waals surface area contributed by atoms with Gasteiger partial charge in [-0.1, -0.05) is 0 Å². The minimum absolute atomic E-state index is 0.704. The number of aromatic nitrogens is 3. The van der Waals surface area contributed by atoms with Crippen LogP contribution in [-0.4, -0.2) is 21.9 Å². The third-order valence-electron chi connectivity index (χ3n) is 2.01. The first-order chi connectivity index (χ1) is 6.24. The Hall–Kier alpha value is -1.58. The van der Waals surface area contributed by atoms with Crippen molar-refractivity contribution in [1.29, 1.82) is 0 Å². The summed E-state index contributed by atoms with van der Waals surface area (Å²) in [6.07, 6.45) is 1.60. The molecule has 2 aromatic heterocycles. The Bertz CT molecular complexity index is 447. The number of aryl methyl sites for hydroxylation is 2. The first-order valence-electron chi connectivity index (χ1n) is 3.98. The average Bonchev–Trinajstić information content (AvgIpc) is 2.43. The summed E-state index contributed by atoms with van der Waals surface area (Å²) in [7, 11) is 3.49. The van der Waals surface area contributed by atoms with Gasteiger partial charge in [0, 0.05) is 19.3 Å². The molecule has 2 aromatic rings. The Balaban J connectivity index is 2.88. The third kappa shape index (κ3) is 1.06. The van der Waals surface area contributed by atoms with Gasteiger partial charge in [0.25, 0.3) is 0 Å². The van der Waals surface area contributed by atoms with E-state index in [4.69, 9.17) is 4.74 Å². The van der Waals surface area contributed by atoms with Crippen LogP contribution in [0.2, 0.25) is 0 Å². The lowest BCUT2D eigenvalue weighted by atomic mass is 10.2. The Morgan fingerprint density at radius 1 is 1.54 bits per heavy atom. The second kappa shape index (κ2) is 2.73. The summed E-state index contributed by atoms with van der Waals surface area (Å²) in [5.41, 5.74) is 1.74. The molecule has 0 bridgehead atoms. The van der Waals surface area contributed by atoms with Crippen LogP contribution in [0.15, 0.2) is 6.20 Å². The van der Waals surface area contributed by atoms with Crippen LogP contribution in [0.5, 0.6) is 5.75 Å². The SMILES string of the molecule is COc1[c]cnc2c1c(C)nn2C. The Morgan fingerprint density at radius 2 is 2.31 bits per heavy atom. The average molecular weight is 176 g/mol. The highest BCUT2D eigenvalue weighted by molar-refractivity contribution is 5.84. The van der Waals surface area contributed by atoms with Gasteiger partial charge in [-0.15, -0.1) is 0 Å². The molecule has 0 aliphatic heterocycles. The van der Waals surface area contributed by atoms with Crippen LogP contribution in [0, 0.1) is 13.0 Å². The van der Waals surface area contributed by atoms with Crippen molar-refractivity contribution in [3.63, 3.8) is 0 Å². The van der Waals surface area contributed by atoms with Gasteiger partial charge >= 0.3 is 0 Å². The maximum absolute atomic E-state index is 5.17. The first-order valence-corrected chi connectivity index (χ1v) is 3.98. The molecule has 2 rings (SSSR count). The van der Waals surface area contributed by atoms with E-state index >= 15 is 0 Å². The molecule has 0 fully saturated rings. The minimum atomic E-state index is 0.704. The van der Waals surface area contributed by atoms with Gasteiger partial charge in [-0.2, -0.15) is 5.10 Å². The molecule has 4 heteroatoms. The van der Waals surface area contributed by atoms with E-state index in [2.05, 4.69) is 16.1 Å². The minimum Gasteiger partial charge on any atom is -0.495 e. The van der Waals surface area contributed by atoms with Gasteiger partial charge in [0.05, 0.1) is 18.2 Å². The molecule has 67 valence electrons. The van der Waals surface area contributed by atoms with Crippen LogP contribution in [0.1, 0.15) is 5.69 Å². The van der Waals surface area contributed by atoms with Crippen molar-refractivity contribution in [2.24, 2.45) is 7.05 Å². The van der Waals surface area contributed by atoms with E-state index < -0.39 is 0 Å². The van der Waals surface area contributed by atoms with E-state index in [1.807, 2.05) is 14.0 Å². The third-order valence-corrected chi connectivity index (χ3v) is 2.01. The Labute approximate surface area is 76.1 Å². The lowest BCUT2D eigenvalue weighted by Gasteiger charge is -1.99. The summed E-state index contributed by atoms with van der Waals surface area (Å²) in [6.45, 7) is 1.93. The fourth-order valence-corrected chi connectivity index (χ4v) is 1.45. The normalized spacial score (nSPS) is 10.7.